The smallest absolute Gasteiger partial charge is 0.338 e. The molecule has 0 saturated heterocycles. The number of hydrogen-bond donors (Lipinski definition) is 1. The van der Waals surface area contributed by atoms with Crippen LogP contribution < -0.4 is 10.1 Å². The Morgan fingerprint density at radius 2 is 1.52 bits per heavy atom. The van der Waals surface area contributed by atoms with Crippen LogP contribution in [0, 0.1) is 5.92 Å². The van der Waals surface area contributed by atoms with E-state index in [0.29, 0.717) is 23.0 Å². The molecule has 1 atom stereocenters. The monoisotopic (exact) mass is 341 g/mol. The maximum absolute atomic E-state index is 12.0. The Morgan fingerprint density at radius 1 is 0.920 bits per heavy atom. The van der Waals surface area contributed by atoms with Crippen LogP contribution in [0.4, 0.5) is 0 Å². The minimum Gasteiger partial charge on any atom is -0.457 e. The molecule has 0 fully saturated rings. The topological polar surface area (TPSA) is 64.6 Å². The van der Waals surface area contributed by atoms with Gasteiger partial charge in [-0.3, -0.25) is 4.79 Å². The number of carbonyl (C=O) groups is 2. The van der Waals surface area contributed by atoms with Crippen molar-refractivity contribution in [3.63, 3.8) is 0 Å². The van der Waals surface area contributed by atoms with Crippen molar-refractivity contribution in [2.24, 2.45) is 5.92 Å². The van der Waals surface area contributed by atoms with Crippen molar-refractivity contribution >= 4 is 11.9 Å². The first-order chi connectivity index (χ1) is 12.0. The number of carbonyl (C=O) groups excluding carboxylic acids is 2. The fourth-order valence-corrected chi connectivity index (χ4v) is 1.96. The van der Waals surface area contributed by atoms with Crippen LogP contribution in [0.5, 0.6) is 11.5 Å². The lowest BCUT2D eigenvalue weighted by molar-refractivity contribution is -0.125. The zero-order valence-corrected chi connectivity index (χ0v) is 14.7. The molecule has 0 unspecified atom stereocenters. The first-order valence-corrected chi connectivity index (χ1v) is 8.25. The number of amides is 1. The normalized spacial score (nSPS) is 11.7. The molecule has 0 aromatic heterocycles. The van der Waals surface area contributed by atoms with Gasteiger partial charge in [-0.2, -0.15) is 0 Å². The molecule has 2 aromatic carbocycles. The quantitative estimate of drug-likeness (QED) is 0.778. The third-order valence-electron chi connectivity index (χ3n) is 3.79. The second-order valence-corrected chi connectivity index (χ2v) is 6.12. The minimum atomic E-state index is -0.543. The third kappa shape index (κ3) is 5.95. The molecule has 0 spiro atoms. The first kappa shape index (κ1) is 18.5. The van der Waals surface area contributed by atoms with Gasteiger partial charge in [-0.1, -0.05) is 32.0 Å². The van der Waals surface area contributed by atoms with E-state index >= 15 is 0 Å². The molecule has 2 aromatic rings. The zero-order chi connectivity index (χ0) is 18.2. The van der Waals surface area contributed by atoms with Gasteiger partial charge in [0.1, 0.15) is 11.5 Å². The van der Waals surface area contributed by atoms with E-state index in [-0.39, 0.29) is 18.6 Å². The fourth-order valence-electron chi connectivity index (χ4n) is 1.96. The number of para-hydroxylation sites is 1. The van der Waals surface area contributed by atoms with Gasteiger partial charge in [-0.15, -0.1) is 0 Å². The van der Waals surface area contributed by atoms with Gasteiger partial charge >= 0.3 is 5.97 Å². The highest BCUT2D eigenvalue weighted by atomic mass is 16.5. The summed E-state index contributed by atoms with van der Waals surface area (Å²) in [6.45, 7) is 5.64. The van der Waals surface area contributed by atoms with Crippen LogP contribution in [0.25, 0.3) is 0 Å². The molecule has 0 aliphatic heterocycles. The summed E-state index contributed by atoms with van der Waals surface area (Å²) in [6.07, 6.45) is 0. The van der Waals surface area contributed by atoms with E-state index in [1.165, 1.54) is 0 Å². The van der Waals surface area contributed by atoms with Gasteiger partial charge in [-0.05, 0) is 49.2 Å². The van der Waals surface area contributed by atoms with Crippen LogP contribution >= 0.6 is 0 Å². The van der Waals surface area contributed by atoms with Gasteiger partial charge in [0.25, 0.3) is 5.91 Å². The number of rotatable bonds is 7. The van der Waals surface area contributed by atoms with Gasteiger partial charge in [0.05, 0.1) is 5.56 Å². The molecule has 0 saturated carbocycles. The highest BCUT2D eigenvalue weighted by Crippen LogP contribution is 2.21. The lowest BCUT2D eigenvalue weighted by Gasteiger charge is -2.17. The molecule has 1 N–H and O–H groups in total. The van der Waals surface area contributed by atoms with Gasteiger partial charge in [0, 0.05) is 6.04 Å². The number of ether oxygens (including phenoxy) is 2. The summed E-state index contributed by atoms with van der Waals surface area (Å²) in [4.78, 5) is 23.7. The summed E-state index contributed by atoms with van der Waals surface area (Å²) in [6, 6.07) is 16.0. The predicted octanol–water partition coefficient (Wildman–Crippen LogP) is 3.80. The van der Waals surface area contributed by atoms with Crippen molar-refractivity contribution in [1.82, 2.24) is 5.32 Å². The maximum atomic E-state index is 12.0. The van der Waals surface area contributed by atoms with Crippen molar-refractivity contribution in [2.75, 3.05) is 6.61 Å². The molecule has 0 aliphatic carbocycles. The Labute approximate surface area is 148 Å². The molecular weight excluding hydrogens is 318 g/mol. The van der Waals surface area contributed by atoms with Crippen molar-refractivity contribution < 1.29 is 19.1 Å². The summed E-state index contributed by atoms with van der Waals surface area (Å²) < 4.78 is 10.7. The molecule has 0 radical (unpaired) electrons. The summed E-state index contributed by atoms with van der Waals surface area (Å²) in [5.41, 5.74) is 0.366. The zero-order valence-electron chi connectivity index (χ0n) is 14.7. The van der Waals surface area contributed by atoms with Crippen LogP contribution in [0.1, 0.15) is 31.1 Å². The van der Waals surface area contributed by atoms with E-state index in [9.17, 15) is 9.59 Å². The molecule has 25 heavy (non-hydrogen) atoms. The second-order valence-electron chi connectivity index (χ2n) is 6.12. The molecule has 2 rings (SSSR count). The van der Waals surface area contributed by atoms with Crippen molar-refractivity contribution in [2.45, 2.75) is 26.8 Å². The SMILES string of the molecule is CC(C)[C@@H](C)NC(=O)COC(=O)c1ccc(Oc2ccccc2)cc1. The number of benzene rings is 2. The average molecular weight is 341 g/mol. The average Bonchev–Trinajstić information content (AvgIpc) is 2.61. The van der Waals surface area contributed by atoms with Crippen LogP contribution in [-0.2, 0) is 9.53 Å². The number of nitrogens with one attached hydrogen (secondary N) is 1. The lowest BCUT2D eigenvalue weighted by atomic mass is 10.1. The third-order valence-corrected chi connectivity index (χ3v) is 3.79. The van der Waals surface area contributed by atoms with E-state index < -0.39 is 5.97 Å². The van der Waals surface area contributed by atoms with Crippen LogP contribution in [0.15, 0.2) is 54.6 Å². The molecule has 0 bridgehead atoms. The lowest BCUT2D eigenvalue weighted by Crippen LogP contribution is -2.38. The van der Waals surface area contributed by atoms with E-state index in [2.05, 4.69) is 5.32 Å². The summed E-state index contributed by atoms with van der Waals surface area (Å²) in [5.74, 6) is 0.800. The van der Waals surface area contributed by atoms with Gasteiger partial charge < -0.3 is 14.8 Å². The maximum Gasteiger partial charge on any atom is 0.338 e. The van der Waals surface area contributed by atoms with E-state index in [1.807, 2.05) is 51.1 Å². The van der Waals surface area contributed by atoms with E-state index in [0.717, 1.165) is 0 Å². The Balaban J connectivity index is 1.85. The Kier molecular flexibility index (Phi) is 6.57. The Hall–Kier alpha value is -2.82. The Morgan fingerprint density at radius 3 is 2.12 bits per heavy atom. The van der Waals surface area contributed by atoms with Gasteiger partial charge in [0.15, 0.2) is 6.61 Å². The minimum absolute atomic E-state index is 0.0284. The Bertz CT molecular complexity index is 695. The highest BCUT2D eigenvalue weighted by molar-refractivity contribution is 5.91. The van der Waals surface area contributed by atoms with Crippen molar-refractivity contribution in [1.29, 1.82) is 0 Å². The van der Waals surface area contributed by atoms with Crippen LogP contribution in [0.3, 0.4) is 0 Å². The second kappa shape index (κ2) is 8.87. The molecule has 1 amide bonds. The molecule has 5 heteroatoms. The van der Waals surface area contributed by atoms with Crippen LogP contribution in [0.2, 0.25) is 0 Å². The number of esters is 1. The standard InChI is InChI=1S/C20H23NO4/c1-14(2)15(3)21-19(22)13-24-20(23)16-9-11-18(12-10-16)25-17-7-5-4-6-8-17/h4-12,14-15H,13H2,1-3H3,(H,21,22)/t15-/m1/s1. The molecule has 0 heterocycles. The summed E-state index contributed by atoms with van der Waals surface area (Å²) >= 11 is 0. The fraction of sp³-hybridized carbons (Fsp3) is 0.300. The van der Waals surface area contributed by atoms with E-state index in [1.54, 1.807) is 24.3 Å². The summed E-state index contributed by atoms with van der Waals surface area (Å²) in [7, 11) is 0. The molecular formula is C20H23NO4. The first-order valence-electron chi connectivity index (χ1n) is 8.25. The largest absolute Gasteiger partial charge is 0.457 e. The highest BCUT2D eigenvalue weighted by Gasteiger charge is 2.14. The van der Waals surface area contributed by atoms with E-state index in [4.69, 9.17) is 9.47 Å². The van der Waals surface area contributed by atoms with Gasteiger partial charge in [-0.25, -0.2) is 4.79 Å². The van der Waals surface area contributed by atoms with Crippen molar-refractivity contribution in [3.8, 4) is 11.5 Å². The molecule has 5 nitrogen and oxygen atoms in total. The predicted molar refractivity (Wildman–Crippen MR) is 95.7 cm³/mol. The summed E-state index contributed by atoms with van der Waals surface area (Å²) in [5, 5.41) is 2.79. The molecule has 0 aliphatic rings. The van der Waals surface area contributed by atoms with Crippen molar-refractivity contribution in [3.05, 3.63) is 60.2 Å². The van der Waals surface area contributed by atoms with Crippen LogP contribution in [-0.4, -0.2) is 24.5 Å². The number of hydrogen-bond acceptors (Lipinski definition) is 4. The van der Waals surface area contributed by atoms with Gasteiger partial charge in [0.2, 0.25) is 0 Å². The molecule has 132 valence electrons.